The molecular formula is C17H16BrF2N3O2. The number of alkyl halides is 2. The van der Waals surface area contributed by atoms with Gasteiger partial charge in [0, 0.05) is 42.4 Å². The van der Waals surface area contributed by atoms with Gasteiger partial charge in [-0.15, -0.1) is 0 Å². The summed E-state index contributed by atoms with van der Waals surface area (Å²) in [6.45, 7) is -0.348. The Morgan fingerprint density at radius 2 is 1.76 bits per heavy atom. The van der Waals surface area contributed by atoms with Gasteiger partial charge in [-0.1, -0.05) is 0 Å². The number of anilines is 1. The largest absolute Gasteiger partial charge is 0.435 e. The first-order chi connectivity index (χ1) is 12.0. The molecule has 25 heavy (non-hydrogen) atoms. The molecule has 132 valence electrons. The van der Waals surface area contributed by atoms with Crippen LogP contribution in [0.4, 0.5) is 14.6 Å². The van der Waals surface area contributed by atoms with E-state index in [2.05, 4.69) is 30.6 Å². The highest BCUT2D eigenvalue weighted by molar-refractivity contribution is 9.10. The van der Waals surface area contributed by atoms with Crippen molar-refractivity contribution in [2.75, 3.05) is 31.1 Å². The van der Waals surface area contributed by atoms with Crippen LogP contribution in [0.1, 0.15) is 10.4 Å². The second kappa shape index (κ2) is 7.77. The van der Waals surface area contributed by atoms with Crippen molar-refractivity contribution in [1.29, 1.82) is 0 Å². The summed E-state index contributed by atoms with van der Waals surface area (Å²) in [7, 11) is 0. The highest BCUT2D eigenvalue weighted by atomic mass is 79.9. The summed E-state index contributed by atoms with van der Waals surface area (Å²) in [5.74, 6) is 0.800. The Morgan fingerprint density at radius 3 is 2.32 bits per heavy atom. The monoisotopic (exact) mass is 411 g/mol. The number of rotatable bonds is 4. The van der Waals surface area contributed by atoms with Gasteiger partial charge in [0.15, 0.2) is 0 Å². The van der Waals surface area contributed by atoms with E-state index in [1.54, 1.807) is 11.1 Å². The Labute approximate surface area is 152 Å². The molecule has 1 fully saturated rings. The van der Waals surface area contributed by atoms with E-state index in [1.807, 2.05) is 12.1 Å². The van der Waals surface area contributed by atoms with Crippen molar-refractivity contribution in [3.8, 4) is 5.75 Å². The summed E-state index contributed by atoms with van der Waals surface area (Å²) in [5.41, 5.74) is 0.455. The molecule has 1 saturated heterocycles. The van der Waals surface area contributed by atoms with Crippen LogP contribution in [0.5, 0.6) is 5.75 Å². The maximum absolute atomic E-state index is 12.5. The summed E-state index contributed by atoms with van der Waals surface area (Å²) in [6.07, 6.45) is 1.75. The Balaban J connectivity index is 1.58. The molecule has 5 nitrogen and oxygen atoms in total. The number of benzene rings is 1. The van der Waals surface area contributed by atoms with Gasteiger partial charge in [-0.2, -0.15) is 8.78 Å². The molecule has 0 atom stereocenters. The summed E-state index contributed by atoms with van der Waals surface area (Å²) < 4.78 is 29.5. The van der Waals surface area contributed by atoms with Crippen LogP contribution >= 0.6 is 15.9 Å². The van der Waals surface area contributed by atoms with Crippen molar-refractivity contribution in [3.63, 3.8) is 0 Å². The van der Waals surface area contributed by atoms with Crippen molar-refractivity contribution in [3.05, 3.63) is 52.6 Å². The van der Waals surface area contributed by atoms with E-state index in [0.717, 1.165) is 10.3 Å². The van der Waals surface area contributed by atoms with Gasteiger partial charge in [0.1, 0.15) is 11.6 Å². The Hall–Kier alpha value is -2.22. The van der Waals surface area contributed by atoms with Crippen LogP contribution in [0.3, 0.4) is 0 Å². The van der Waals surface area contributed by atoms with E-state index in [4.69, 9.17) is 0 Å². The van der Waals surface area contributed by atoms with E-state index >= 15 is 0 Å². The van der Waals surface area contributed by atoms with Crippen LogP contribution in [0.25, 0.3) is 0 Å². The number of halogens is 3. The summed E-state index contributed by atoms with van der Waals surface area (Å²) in [5, 5.41) is 0. The molecule has 1 amide bonds. The maximum atomic E-state index is 12.5. The molecule has 0 spiro atoms. The van der Waals surface area contributed by atoms with Gasteiger partial charge in [-0.3, -0.25) is 4.79 Å². The Morgan fingerprint density at radius 1 is 1.08 bits per heavy atom. The fourth-order valence-corrected chi connectivity index (χ4v) is 2.89. The molecule has 0 bridgehead atoms. The highest BCUT2D eigenvalue weighted by Crippen LogP contribution is 2.19. The van der Waals surface area contributed by atoms with E-state index in [-0.39, 0.29) is 11.7 Å². The van der Waals surface area contributed by atoms with E-state index in [0.29, 0.717) is 31.7 Å². The number of nitrogens with zero attached hydrogens (tertiary/aromatic N) is 3. The van der Waals surface area contributed by atoms with Crippen molar-refractivity contribution in [1.82, 2.24) is 9.88 Å². The van der Waals surface area contributed by atoms with E-state index in [9.17, 15) is 13.6 Å². The summed E-state index contributed by atoms with van der Waals surface area (Å²) in [4.78, 5) is 20.8. The van der Waals surface area contributed by atoms with Crippen LogP contribution in [-0.2, 0) is 0 Å². The number of pyridine rings is 1. The standard InChI is InChI=1S/C17H16BrF2N3O2/c18-13-3-6-15(21-11-13)22-7-9-23(10-8-22)16(24)12-1-4-14(5-2-12)25-17(19)20/h1-6,11,17H,7-10H2. The maximum Gasteiger partial charge on any atom is 0.387 e. The van der Waals surface area contributed by atoms with Gasteiger partial charge in [0.05, 0.1) is 0 Å². The molecule has 2 heterocycles. The van der Waals surface area contributed by atoms with Crippen molar-refractivity contribution < 1.29 is 18.3 Å². The normalized spacial score (nSPS) is 14.7. The SMILES string of the molecule is O=C(c1ccc(OC(F)F)cc1)N1CCN(c2ccc(Br)cn2)CC1. The predicted octanol–water partition coefficient (Wildman–Crippen LogP) is 3.41. The highest BCUT2D eigenvalue weighted by Gasteiger charge is 2.23. The molecule has 1 aliphatic heterocycles. The topological polar surface area (TPSA) is 45.7 Å². The number of piperazine rings is 1. The van der Waals surface area contributed by atoms with E-state index < -0.39 is 6.61 Å². The number of amides is 1. The number of hydrogen-bond donors (Lipinski definition) is 0. The number of aromatic nitrogens is 1. The van der Waals surface area contributed by atoms with Crippen LogP contribution in [-0.4, -0.2) is 48.6 Å². The fraction of sp³-hybridized carbons (Fsp3) is 0.294. The minimum absolute atomic E-state index is 0.0395. The quantitative estimate of drug-likeness (QED) is 0.773. The fourth-order valence-electron chi connectivity index (χ4n) is 2.66. The molecule has 8 heteroatoms. The van der Waals surface area contributed by atoms with Crippen molar-refractivity contribution in [2.45, 2.75) is 6.61 Å². The number of hydrogen-bond acceptors (Lipinski definition) is 4. The lowest BCUT2D eigenvalue weighted by Crippen LogP contribution is -2.49. The minimum atomic E-state index is -2.87. The van der Waals surface area contributed by atoms with Gasteiger partial charge in [0.25, 0.3) is 5.91 Å². The first-order valence-corrected chi connectivity index (χ1v) is 8.53. The Bertz CT molecular complexity index is 718. The third-order valence-corrected chi connectivity index (χ3v) is 4.40. The lowest BCUT2D eigenvalue weighted by atomic mass is 10.1. The smallest absolute Gasteiger partial charge is 0.387 e. The summed E-state index contributed by atoms with van der Waals surface area (Å²) >= 11 is 3.36. The van der Waals surface area contributed by atoms with Crippen molar-refractivity contribution >= 4 is 27.7 Å². The molecule has 2 aromatic rings. The number of ether oxygens (including phenoxy) is 1. The third-order valence-electron chi connectivity index (χ3n) is 3.93. The van der Waals surface area contributed by atoms with Gasteiger partial charge >= 0.3 is 6.61 Å². The van der Waals surface area contributed by atoms with Gasteiger partial charge in [-0.05, 0) is 52.3 Å². The van der Waals surface area contributed by atoms with Crippen LogP contribution in [0.15, 0.2) is 47.1 Å². The minimum Gasteiger partial charge on any atom is -0.435 e. The second-order valence-corrected chi connectivity index (χ2v) is 6.43. The van der Waals surface area contributed by atoms with E-state index in [1.165, 1.54) is 24.3 Å². The predicted molar refractivity (Wildman–Crippen MR) is 93.1 cm³/mol. The molecule has 0 N–H and O–H groups in total. The third kappa shape index (κ3) is 4.45. The van der Waals surface area contributed by atoms with Crippen LogP contribution in [0, 0.1) is 0 Å². The lowest BCUT2D eigenvalue weighted by molar-refractivity contribution is -0.0498. The van der Waals surface area contributed by atoms with Crippen LogP contribution in [0.2, 0.25) is 0 Å². The molecule has 1 aromatic heterocycles. The van der Waals surface area contributed by atoms with Crippen molar-refractivity contribution in [2.24, 2.45) is 0 Å². The van der Waals surface area contributed by atoms with Gasteiger partial charge in [0.2, 0.25) is 0 Å². The van der Waals surface area contributed by atoms with Crippen LogP contribution < -0.4 is 9.64 Å². The molecule has 1 aliphatic rings. The first-order valence-electron chi connectivity index (χ1n) is 7.73. The number of carbonyl (C=O) groups excluding carboxylic acids is 1. The van der Waals surface area contributed by atoms with Gasteiger partial charge in [-0.25, -0.2) is 4.98 Å². The zero-order valence-electron chi connectivity index (χ0n) is 13.2. The molecule has 0 radical (unpaired) electrons. The molecule has 0 aliphatic carbocycles. The average molecular weight is 412 g/mol. The zero-order chi connectivity index (χ0) is 17.8. The second-order valence-electron chi connectivity index (χ2n) is 5.52. The lowest BCUT2D eigenvalue weighted by Gasteiger charge is -2.35. The molecule has 0 unspecified atom stereocenters. The first kappa shape index (κ1) is 17.6. The molecule has 1 aromatic carbocycles. The molecule has 0 saturated carbocycles. The zero-order valence-corrected chi connectivity index (χ0v) is 14.8. The number of carbonyl (C=O) groups is 1. The molecular weight excluding hydrogens is 396 g/mol. The average Bonchev–Trinajstić information content (AvgIpc) is 2.62. The van der Waals surface area contributed by atoms with Gasteiger partial charge < -0.3 is 14.5 Å². The Kier molecular flexibility index (Phi) is 5.47. The molecule has 3 rings (SSSR count). The summed E-state index contributed by atoms with van der Waals surface area (Å²) in [6, 6.07) is 9.63.